The lowest BCUT2D eigenvalue weighted by Gasteiger charge is -2.41. The molecule has 0 radical (unpaired) electrons. The van der Waals surface area contributed by atoms with Gasteiger partial charge in [0.05, 0.1) is 33.0 Å². The predicted octanol–water partition coefficient (Wildman–Crippen LogP) is 8.45. The van der Waals surface area contributed by atoms with Crippen LogP contribution in [0.3, 0.4) is 0 Å². The zero-order chi connectivity index (χ0) is 43.2. The van der Waals surface area contributed by atoms with E-state index in [0.29, 0.717) is 90.2 Å². The van der Waals surface area contributed by atoms with Gasteiger partial charge in [-0.15, -0.1) is 10.2 Å². The van der Waals surface area contributed by atoms with Gasteiger partial charge in [-0.2, -0.15) is 0 Å². The third-order valence-corrected chi connectivity index (χ3v) is 10.2. The van der Waals surface area contributed by atoms with Crippen LogP contribution in [0.15, 0.2) is 73.1 Å². The van der Waals surface area contributed by atoms with Crippen LogP contribution >= 0.6 is 0 Å². The summed E-state index contributed by atoms with van der Waals surface area (Å²) in [4.78, 5) is 32.8. The molecule has 5 rings (SSSR count). The number of unbranched alkanes of at least 4 members (excludes halogenated alkanes) is 5. The summed E-state index contributed by atoms with van der Waals surface area (Å²) < 4.78 is 28.5. The summed E-state index contributed by atoms with van der Waals surface area (Å²) in [5, 5.41) is 25.1. The van der Waals surface area contributed by atoms with Gasteiger partial charge < -0.3 is 49.3 Å². The molecule has 1 saturated heterocycles. The van der Waals surface area contributed by atoms with E-state index in [0.717, 1.165) is 73.4 Å². The summed E-state index contributed by atoms with van der Waals surface area (Å²) >= 11 is 0. The van der Waals surface area contributed by atoms with E-state index in [2.05, 4.69) is 55.1 Å². The Morgan fingerprint density at radius 2 is 1.41 bits per heavy atom. The SMILES string of the molecule is CC(C)(C)OC(=O)N1CCC(Nc2cccc(NCc3cccc(OCCCCCCOCCOCCOCCCCCC(=O)O)c3)c2)(c2nnc(-c3ccncc3)[nH]2)CC1. The van der Waals surface area contributed by atoms with E-state index in [-0.39, 0.29) is 12.5 Å². The standard InChI is InChI=1S/C46H65N7O8/c1-45(2,3)61-44(56)53-24-20-46(21-25-53,43-49-42(51-52-43)37-18-22-47-23-19-37)50-39-15-12-14-38(34-39)48-35-36-13-11-16-40(33-36)60-28-10-5-4-8-26-57-29-31-59-32-30-58-27-9-6-7-17-41(54)55/h11-16,18-19,22-23,33-34,48,50H,4-10,17,20-21,24-32,35H2,1-3H3,(H,54,55)(H,49,51,52). The van der Waals surface area contributed by atoms with Crippen LogP contribution < -0.4 is 15.4 Å². The Morgan fingerprint density at radius 1 is 0.770 bits per heavy atom. The first-order chi connectivity index (χ1) is 29.6. The molecule has 0 unspecified atom stereocenters. The third kappa shape index (κ3) is 17.0. The number of aromatic nitrogens is 4. The lowest BCUT2D eigenvalue weighted by atomic mass is 9.86. The molecule has 0 aliphatic carbocycles. The minimum atomic E-state index is -0.745. The number of carboxylic acid groups (broad SMARTS) is 1. The van der Waals surface area contributed by atoms with Gasteiger partial charge in [0.1, 0.15) is 16.9 Å². The zero-order valence-electron chi connectivity index (χ0n) is 36.2. The van der Waals surface area contributed by atoms with Gasteiger partial charge in [0, 0.05) is 68.6 Å². The van der Waals surface area contributed by atoms with Crippen molar-refractivity contribution in [1.29, 1.82) is 0 Å². The molecule has 2 aromatic heterocycles. The van der Waals surface area contributed by atoms with Gasteiger partial charge in [-0.3, -0.25) is 9.78 Å². The minimum Gasteiger partial charge on any atom is -0.494 e. The second-order valence-electron chi connectivity index (χ2n) is 16.3. The first-order valence-electron chi connectivity index (χ1n) is 21.7. The summed E-state index contributed by atoms with van der Waals surface area (Å²) in [5.41, 5.74) is 2.73. The molecule has 0 atom stereocenters. The summed E-state index contributed by atoms with van der Waals surface area (Å²) in [6.45, 7) is 11.5. The van der Waals surface area contributed by atoms with Crippen LogP contribution in [0.2, 0.25) is 0 Å². The number of amides is 1. The summed E-state index contributed by atoms with van der Waals surface area (Å²) in [6.07, 6.45) is 11.1. The normalized spacial score (nSPS) is 13.8. The van der Waals surface area contributed by atoms with Gasteiger partial charge in [0.2, 0.25) is 0 Å². The van der Waals surface area contributed by atoms with E-state index in [1.54, 1.807) is 17.3 Å². The molecule has 1 aliphatic heterocycles. The highest BCUT2D eigenvalue weighted by Crippen LogP contribution is 2.36. The minimum absolute atomic E-state index is 0.221. The predicted molar refractivity (Wildman–Crippen MR) is 235 cm³/mol. The molecular formula is C46H65N7O8. The topological polar surface area (TPSA) is 182 Å². The molecule has 1 aliphatic rings. The molecule has 15 heteroatoms. The number of ether oxygens (including phenoxy) is 5. The second kappa shape index (κ2) is 24.9. The van der Waals surface area contributed by atoms with E-state index in [1.807, 2.05) is 57.2 Å². The summed E-state index contributed by atoms with van der Waals surface area (Å²) in [5.74, 6) is 1.49. The number of hydrogen-bond donors (Lipinski definition) is 4. The Kier molecular flexibility index (Phi) is 19.1. The van der Waals surface area contributed by atoms with Crippen molar-refractivity contribution in [2.24, 2.45) is 0 Å². The molecule has 1 fully saturated rings. The van der Waals surface area contributed by atoms with Crippen molar-refractivity contribution < 1.29 is 38.4 Å². The van der Waals surface area contributed by atoms with Gasteiger partial charge in [0.15, 0.2) is 11.6 Å². The van der Waals surface area contributed by atoms with Gasteiger partial charge in [0.25, 0.3) is 0 Å². The van der Waals surface area contributed by atoms with Crippen LogP contribution in [-0.4, -0.2) is 107 Å². The van der Waals surface area contributed by atoms with Crippen LogP contribution in [0.5, 0.6) is 5.75 Å². The summed E-state index contributed by atoms with van der Waals surface area (Å²) in [6, 6.07) is 20.2. The molecule has 15 nitrogen and oxygen atoms in total. The van der Waals surface area contributed by atoms with Crippen molar-refractivity contribution in [1.82, 2.24) is 25.1 Å². The van der Waals surface area contributed by atoms with Crippen LogP contribution in [-0.2, 0) is 35.8 Å². The third-order valence-electron chi connectivity index (χ3n) is 10.2. The maximum Gasteiger partial charge on any atom is 0.410 e. The van der Waals surface area contributed by atoms with Gasteiger partial charge in [-0.05, 0) is 114 Å². The van der Waals surface area contributed by atoms with Gasteiger partial charge >= 0.3 is 12.1 Å². The maximum atomic E-state index is 13.0. The Hall–Kier alpha value is -5.25. The molecule has 0 spiro atoms. The Bertz CT molecular complexity index is 1880. The molecule has 61 heavy (non-hydrogen) atoms. The number of carbonyl (C=O) groups is 2. The van der Waals surface area contributed by atoms with Crippen molar-refractivity contribution in [3.63, 3.8) is 0 Å². The molecule has 332 valence electrons. The average molecular weight is 844 g/mol. The fourth-order valence-corrected chi connectivity index (χ4v) is 6.92. The number of pyridine rings is 1. The van der Waals surface area contributed by atoms with Crippen LogP contribution in [0, 0.1) is 0 Å². The average Bonchev–Trinajstić information content (AvgIpc) is 3.76. The van der Waals surface area contributed by atoms with E-state index in [9.17, 15) is 9.59 Å². The van der Waals surface area contributed by atoms with E-state index in [4.69, 9.17) is 28.8 Å². The molecular weight excluding hydrogens is 779 g/mol. The van der Waals surface area contributed by atoms with Crippen molar-refractivity contribution in [3.05, 3.63) is 84.4 Å². The number of aliphatic carboxylic acids is 1. The van der Waals surface area contributed by atoms with Crippen LogP contribution in [0.1, 0.15) is 96.4 Å². The number of carboxylic acids is 1. The number of H-pyrrole nitrogens is 1. The first kappa shape index (κ1) is 46.8. The van der Waals surface area contributed by atoms with Gasteiger partial charge in [-0.1, -0.05) is 31.0 Å². The maximum absolute atomic E-state index is 13.0. The number of nitrogens with one attached hydrogen (secondary N) is 3. The number of carbonyl (C=O) groups excluding carboxylic acids is 1. The van der Waals surface area contributed by atoms with Gasteiger partial charge in [-0.25, -0.2) is 4.79 Å². The number of piperidine rings is 1. The first-order valence-corrected chi connectivity index (χ1v) is 21.7. The van der Waals surface area contributed by atoms with Crippen molar-refractivity contribution in [2.45, 2.75) is 103 Å². The van der Waals surface area contributed by atoms with Crippen molar-refractivity contribution in [2.75, 3.05) is 70.0 Å². The van der Waals surface area contributed by atoms with E-state index in [1.165, 1.54) is 0 Å². The molecule has 4 aromatic rings. The molecule has 2 aromatic carbocycles. The largest absolute Gasteiger partial charge is 0.494 e. The highest BCUT2D eigenvalue weighted by atomic mass is 16.6. The Morgan fingerprint density at radius 3 is 2.10 bits per heavy atom. The Labute approximate surface area is 360 Å². The number of benzene rings is 2. The number of rotatable bonds is 27. The fraction of sp³-hybridized carbons (Fsp3) is 0.543. The lowest BCUT2D eigenvalue weighted by molar-refractivity contribution is -0.137. The molecule has 4 N–H and O–H groups in total. The van der Waals surface area contributed by atoms with E-state index < -0.39 is 17.1 Å². The monoisotopic (exact) mass is 843 g/mol. The summed E-state index contributed by atoms with van der Waals surface area (Å²) in [7, 11) is 0. The lowest BCUT2D eigenvalue weighted by Crippen LogP contribution is -2.50. The van der Waals surface area contributed by atoms with E-state index >= 15 is 0 Å². The highest BCUT2D eigenvalue weighted by Gasteiger charge is 2.41. The van der Waals surface area contributed by atoms with Crippen molar-refractivity contribution in [3.8, 4) is 17.1 Å². The Balaban J connectivity index is 1.00. The second-order valence-corrected chi connectivity index (χ2v) is 16.3. The van der Waals surface area contributed by atoms with Crippen LogP contribution in [0.25, 0.3) is 11.4 Å². The fourth-order valence-electron chi connectivity index (χ4n) is 6.92. The number of likely N-dealkylation sites (tertiary alicyclic amines) is 1. The smallest absolute Gasteiger partial charge is 0.410 e. The molecule has 0 saturated carbocycles. The van der Waals surface area contributed by atoms with Crippen LogP contribution in [0.4, 0.5) is 16.2 Å². The number of anilines is 2. The number of hydrogen-bond acceptors (Lipinski definition) is 12. The van der Waals surface area contributed by atoms with Crippen molar-refractivity contribution >= 4 is 23.4 Å². The number of aromatic amines is 1. The molecule has 3 heterocycles. The highest BCUT2D eigenvalue weighted by molar-refractivity contribution is 5.68. The quantitative estimate of drug-likeness (QED) is 0.0420. The molecule has 0 bridgehead atoms. The zero-order valence-corrected chi connectivity index (χ0v) is 36.2. The number of nitrogens with zero attached hydrogens (tertiary/aromatic N) is 4. The molecule has 1 amide bonds.